The van der Waals surface area contributed by atoms with Crippen LogP contribution in [0.3, 0.4) is 0 Å². The maximum Gasteiger partial charge on any atom is 0.159 e. The van der Waals surface area contributed by atoms with Crippen LogP contribution in [-0.2, 0) is 0 Å². The highest BCUT2D eigenvalue weighted by Gasteiger charge is 2.31. The summed E-state index contributed by atoms with van der Waals surface area (Å²) in [5, 5.41) is 10.0. The maximum atomic E-state index is 8.77. The van der Waals surface area contributed by atoms with Gasteiger partial charge in [-0.1, -0.05) is 11.8 Å². The van der Waals surface area contributed by atoms with E-state index in [0.717, 1.165) is 45.6 Å². The number of aliphatic hydroxyl groups excluding tert-OH is 1. The lowest BCUT2D eigenvalue weighted by Crippen LogP contribution is -2.48. The van der Waals surface area contributed by atoms with E-state index in [1.54, 1.807) is 0 Å². The van der Waals surface area contributed by atoms with Crippen LogP contribution in [0.15, 0.2) is 4.99 Å². The Morgan fingerprint density at radius 2 is 1.89 bits per heavy atom. The third-order valence-corrected chi connectivity index (χ3v) is 4.99. The number of unbranched alkanes of at least 4 members (excludes halogenated alkanes) is 2. The number of hydrogen-bond acceptors (Lipinski definition) is 5. The lowest BCUT2D eigenvalue weighted by atomic mass is 10.2. The van der Waals surface area contributed by atoms with Crippen molar-refractivity contribution in [2.45, 2.75) is 37.9 Å². The van der Waals surface area contributed by atoms with Crippen LogP contribution in [0.4, 0.5) is 0 Å². The van der Waals surface area contributed by atoms with Gasteiger partial charge in [-0.3, -0.25) is 9.89 Å². The number of thioether (sulfide) groups is 1. The molecule has 2 aliphatic heterocycles. The molecule has 0 aliphatic carbocycles. The monoisotopic (exact) mass is 285 g/mol. The van der Waals surface area contributed by atoms with E-state index in [9.17, 15) is 0 Å². The van der Waals surface area contributed by atoms with Crippen molar-refractivity contribution in [2.24, 2.45) is 4.99 Å². The zero-order valence-electron chi connectivity index (χ0n) is 12.3. The molecule has 0 radical (unpaired) electrons. The van der Waals surface area contributed by atoms with Crippen molar-refractivity contribution < 1.29 is 5.11 Å². The number of aliphatic imine (C=N–C) groups is 1. The van der Waals surface area contributed by atoms with Crippen LogP contribution in [0.5, 0.6) is 0 Å². The van der Waals surface area contributed by atoms with E-state index < -0.39 is 0 Å². The summed E-state index contributed by atoms with van der Waals surface area (Å²) in [6.07, 6.45) is 3.30. The molecule has 0 unspecified atom stereocenters. The highest BCUT2D eigenvalue weighted by molar-refractivity contribution is 8.15. The Morgan fingerprint density at radius 1 is 1.16 bits per heavy atom. The zero-order valence-corrected chi connectivity index (χ0v) is 13.1. The lowest BCUT2D eigenvalue weighted by Gasteiger charge is -2.36. The van der Waals surface area contributed by atoms with Crippen molar-refractivity contribution in [3.8, 4) is 0 Å². The van der Waals surface area contributed by atoms with Crippen LogP contribution in [0.25, 0.3) is 0 Å². The predicted molar refractivity (Wildman–Crippen MR) is 82.9 cm³/mol. The number of piperazine rings is 1. The summed E-state index contributed by atoms with van der Waals surface area (Å²) in [4.78, 5) is 9.67. The van der Waals surface area contributed by atoms with Crippen molar-refractivity contribution in [3.63, 3.8) is 0 Å². The van der Waals surface area contributed by atoms with Crippen LogP contribution in [0.2, 0.25) is 0 Å². The normalized spacial score (nSPS) is 23.7. The summed E-state index contributed by atoms with van der Waals surface area (Å²) in [7, 11) is 0. The lowest BCUT2D eigenvalue weighted by molar-refractivity contribution is 0.179. The Kier molecular flexibility index (Phi) is 5.54. The van der Waals surface area contributed by atoms with Gasteiger partial charge in [-0.2, -0.15) is 0 Å². The smallest absolute Gasteiger partial charge is 0.159 e. The van der Waals surface area contributed by atoms with Gasteiger partial charge in [0, 0.05) is 37.5 Å². The fourth-order valence-corrected chi connectivity index (χ4v) is 3.59. The minimum atomic E-state index is 0.288. The van der Waals surface area contributed by atoms with E-state index in [0.29, 0.717) is 6.61 Å². The minimum Gasteiger partial charge on any atom is -0.396 e. The number of nitrogens with zero attached hydrogens (tertiary/aromatic N) is 3. The molecule has 1 N–H and O–H groups in total. The molecule has 4 nitrogen and oxygen atoms in total. The van der Waals surface area contributed by atoms with Gasteiger partial charge in [0.25, 0.3) is 0 Å². The van der Waals surface area contributed by atoms with Gasteiger partial charge in [-0.15, -0.1) is 0 Å². The van der Waals surface area contributed by atoms with Crippen molar-refractivity contribution in [2.75, 3.05) is 45.9 Å². The van der Waals surface area contributed by atoms with Crippen molar-refractivity contribution >= 4 is 16.9 Å². The van der Waals surface area contributed by atoms with Gasteiger partial charge < -0.3 is 10.0 Å². The molecule has 0 aromatic carbocycles. The molecule has 0 spiro atoms. The molecule has 1 saturated heterocycles. The van der Waals surface area contributed by atoms with Crippen molar-refractivity contribution in [3.05, 3.63) is 0 Å². The van der Waals surface area contributed by atoms with Crippen LogP contribution >= 0.6 is 11.8 Å². The molecule has 0 saturated carbocycles. The quantitative estimate of drug-likeness (QED) is 0.780. The fraction of sp³-hybridized carbons (Fsp3) is 0.929. The molecular weight excluding hydrogens is 258 g/mol. The van der Waals surface area contributed by atoms with Crippen molar-refractivity contribution in [1.29, 1.82) is 0 Å². The molecule has 2 heterocycles. The molecule has 2 rings (SSSR count). The van der Waals surface area contributed by atoms with Crippen LogP contribution in [0, 0.1) is 0 Å². The SMILES string of the molecule is CC1(C)CN=C(N2CCN(CCCCCO)CC2)S1. The second-order valence-corrected chi connectivity index (χ2v) is 7.75. The van der Waals surface area contributed by atoms with Crippen LogP contribution < -0.4 is 0 Å². The Hall–Kier alpha value is -0.260. The summed E-state index contributed by atoms with van der Waals surface area (Å²) in [5.41, 5.74) is 0. The van der Waals surface area contributed by atoms with Gasteiger partial charge in [-0.05, 0) is 39.7 Å². The number of amidine groups is 1. The molecule has 0 aromatic rings. The standard InChI is InChI=1S/C14H27N3OS/c1-14(2)12-15-13(19-14)17-9-7-16(8-10-17)6-4-3-5-11-18/h18H,3-12H2,1-2H3. The summed E-state index contributed by atoms with van der Waals surface area (Å²) >= 11 is 1.93. The van der Waals surface area contributed by atoms with E-state index in [1.165, 1.54) is 18.1 Å². The van der Waals surface area contributed by atoms with E-state index in [-0.39, 0.29) is 4.75 Å². The van der Waals surface area contributed by atoms with Crippen LogP contribution in [0.1, 0.15) is 33.1 Å². The number of hydrogen-bond donors (Lipinski definition) is 1. The van der Waals surface area contributed by atoms with Gasteiger partial charge in [0.2, 0.25) is 0 Å². The van der Waals surface area contributed by atoms with Gasteiger partial charge >= 0.3 is 0 Å². The molecule has 2 aliphatic rings. The molecule has 5 heteroatoms. The van der Waals surface area contributed by atoms with E-state index in [2.05, 4.69) is 28.6 Å². The molecule has 0 amide bonds. The van der Waals surface area contributed by atoms with Gasteiger partial charge in [0.15, 0.2) is 5.17 Å². The zero-order chi connectivity index (χ0) is 13.7. The topological polar surface area (TPSA) is 39.1 Å². The summed E-state index contributed by atoms with van der Waals surface area (Å²) in [5.74, 6) is 0. The van der Waals surface area contributed by atoms with E-state index in [4.69, 9.17) is 5.11 Å². The first-order chi connectivity index (χ1) is 9.11. The third-order valence-electron chi connectivity index (χ3n) is 3.74. The first-order valence-electron chi connectivity index (χ1n) is 7.42. The molecular formula is C14H27N3OS. The third kappa shape index (κ3) is 4.65. The van der Waals surface area contributed by atoms with Crippen LogP contribution in [-0.4, -0.2) is 70.7 Å². The Labute approximate surface area is 121 Å². The van der Waals surface area contributed by atoms with E-state index in [1.807, 2.05) is 11.8 Å². The number of rotatable bonds is 5. The second-order valence-electron chi connectivity index (χ2n) is 6.07. The minimum absolute atomic E-state index is 0.288. The fourth-order valence-electron chi connectivity index (χ4n) is 2.52. The first-order valence-corrected chi connectivity index (χ1v) is 8.24. The predicted octanol–water partition coefficient (Wildman–Crippen LogP) is 1.65. The van der Waals surface area contributed by atoms with Crippen molar-refractivity contribution in [1.82, 2.24) is 9.80 Å². The largest absolute Gasteiger partial charge is 0.396 e. The maximum absolute atomic E-state index is 8.77. The van der Waals surface area contributed by atoms with Gasteiger partial charge in [-0.25, -0.2) is 0 Å². The molecule has 0 aromatic heterocycles. The summed E-state index contributed by atoms with van der Waals surface area (Å²) < 4.78 is 0.288. The summed E-state index contributed by atoms with van der Waals surface area (Å²) in [6.45, 7) is 11.5. The van der Waals surface area contributed by atoms with Gasteiger partial charge in [0.1, 0.15) is 0 Å². The second kappa shape index (κ2) is 6.95. The Morgan fingerprint density at radius 3 is 2.47 bits per heavy atom. The van der Waals surface area contributed by atoms with E-state index >= 15 is 0 Å². The Balaban J connectivity index is 1.66. The average Bonchev–Trinajstić information content (AvgIpc) is 2.76. The molecule has 0 atom stereocenters. The highest BCUT2D eigenvalue weighted by Crippen LogP contribution is 2.33. The first kappa shape index (κ1) is 15.1. The average molecular weight is 285 g/mol. The highest BCUT2D eigenvalue weighted by atomic mass is 32.2. The Bertz CT molecular complexity index is 312. The molecule has 0 bridgehead atoms. The molecule has 19 heavy (non-hydrogen) atoms. The molecule has 110 valence electrons. The molecule has 1 fully saturated rings. The van der Waals surface area contributed by atoms with Gasteiger partial charge in [0.05, 0.1) is 6.54 Å². The summed E-state index contributed by atoms with van der Waals surface area (Å²) in [6, 6.07) is 0. The number of aliphatic hydroxyl groups is 1.